The minimum atomic E-state index is -0.432. The zero-order valence-electron chi connectivity index (χ0n) is 14.8. The van der Waals surface area contributed by atoms with Gasteiger partial charge in [0.25, 0.3) is 11.8 Å². The third-order valence-corrected chi connectivity index (χ3v) is 5.50. The van der Waals surface area contributed by atoms with Crippen molar-refractivity contribution in [2.45, 2.75) is 19.3 Å². The lowest BCUT2D eigenvalue weighted by molar-refractivity contribution is -0.127. The molecule has 1 aliphatic heterocycles. The number of benzene rings is 1. The first-order chi connectivity index (χ1) is 13.4. The molecular weight excluding hydrogens is 423 g/mol. The van der Waals surface area contributed by atoms with E-state index in [-0.39, 0.29) is 28.1 Å². The van der Waals surface area contributed by atoms with Gasteiger partial charge in [-0.25, -0.2) is 4.98 Å². The lowest BCUT2D eigenvalue weighted by Crippen LogP contribution is -2.30. The minimum absolute atomic E-state index is 0.173. The van der Waals surface area contributed by atoms with Crippen molar-refractivity contribution >= 4 is 57.4 Å². The Kier molecular flexibility index (Phi) is 6.88. The van der Waals surface area contributed by atoms with Crippen LogP contribution in [-0.4, -0.2) is 47.2 Å². The van der Waals surface area contributed by atoms with E-state index in [1.807, 2.05) is 4.90 Å². The number of nitrogens with one attached hydrogen (secondary N) is 2. The highest BCUT2D eigenvalue weighted by Gasteiger charge is 2.19. The zero-order valence-corrected chi connectivity index (χ0v) is 17.2. The Bertz CT molecular complexity index is 903. The predicted octanol–water partition coefficient (Wildman–Crippen LogP) is 3.44. The maximum atomic E-state index is 12.3. The monoisotopic (exact) mass is 440 g/mol. The summed E-state index contributed by atoms with van der Waals surface area (Å²) in [7, 11) is 0. The number of hydrogen-bond acceptors (Lipinski definition) is 5. The topological polar surface area (TPSA) is 91.4 Å². The van der Waals surface area contributed by atoms with Crippen molar-refractivity contribution in [2.24, 2.45) is 0 Å². The van der Waals surface area contributed by atoms with Crippen molar-refractivity contribution in [3.63, 3.8) is 0 Å². The average Bonchev–Trinajstić information content (AvgIpc) is 3.27. The summed E-state index contributed by atoms with van der Waals surface area (Å²) in [6.45, 7) is 1.88. The Balaban J connectivity index is 1.48. The normalized spacial score (nSPS) is 13.6. The van der Waals surface area contributed by atoms with Crippen LogP contribution in [0.2, 0.25) is 10.0 Å². The first kappa shape index (κ1) is 20.6. The SMILES string of the molecule is O=C(NCCCN1CCCC1=O)c1csc(NC(=O)c2ccc(Cl)cc2Cl)n1. The first-order valence-corrected chi connectivity index (χ1v) is 10.4. The van der Waals surface area contributed by atoms with Gasteiger partial charge < -0.3 is 10.2 Å². The van der Waals surface area contributed by atoms with Crippen LogP contribution >= 0.6 is 34.5 Å². The Labute approximate surface area is 176 Å². The smallest absolute Gasteiger partial charge is 0.270 e. The molecule has 0 unspecified atom stereocenters. The fourth-order valence-corrected chi connectivity index (χ4v) is 3.96. The standard InChI is InChI=1S/C18H18Cl2N4O3S/c19-11-4-5-12(13(20)9-11)16(26)23-18-22-14(10-28-18)17(27)21-6-2-8-24-7-1-3-15(24)25/h4-5,9-10H,1-3,6-8H2,(H,21,27)(H,22,23,26). The van der Waals surface area contributed by atoms with Crippen molar-refractivity contribution in [3.8, 4) is 0 Å². The van der Waals surface area contributed by atoms with Gasteiger partial charge in [-0.1, -0.05) is 23.2 Å². The fourth-order valence-electron chi connectivity index (χ4n) is 2.78. The van der Waals surface area contributed by atoms with E-state index in [1.54, 1.807) is 11.4 Å². The Hall–Kier alpha value is -2.16. The number of halogens is 2. The molecule has 7 nitrogen and oxygen atoms in total. The van der Waals surface area contributed by atoms with E-state index in [1.165, 1.54) is 12.1 Å². The highest BCUT2D eigenvalue weighted by atomic mass is 35.5. The van der Waals surface area contributed by atoms with Crippen molar-refractivity contribution in [3.05, 3.63) is 44.9 Å². The summed E-state index contributed by atoms with van der Waals surface area (Å²) in [5.41, 5.74) is 0.489. The summed E-state index contributed by atoms with van der Waals surface area (Å²) in [5.74, 6) is -0.584. The maximum Gasteiger partial charge on any atom is 0.270 e. The molecule has 1 aliphatic rings. The van der Waals surface area contributed by atoms with Gasteiger partial charge in [0.15, 0.2) is 5.13 Å². The molecule has 0 aliphatic carbocycles. The summed E-state index contributed by atoms with van der Waals surface area (Å²) in [6, 6.07) is 4.57. The van der Waals surface area contributed by atoms with Gasteiger partial charge in [0.2, 0.25) is 5.91 Å². The van der Waals surface area contributed by atoms with Gasteiger partial charge in [-0.2, -0.15) is 0 Å². The van der Waals surface area contributed by atoms with Gasteiger partial charge in [-0.15, -0.1) is 11.3 Å². The summed E-state index contributed by atoms with van der Waals surface area (Å²) in [4.78, 5) is 41.9. The molecule has 3 amide bonds. The second kappa shape index (κ2) is 9.36. The molecule has 1 aromatic heterocycles. The molecular formula is C18H18Cl2N4O3S. The molecule has 148 valence electrons. The lowest BCUT2D eigenvalue weighted by atomic mass is 10.2. The first-order valence-electron chi connectivity index (χ1n) is 8.72. The molecule has 3 rings (SSSR count). The summed E-state index contributed by atoms with van der Waals surface area (Å²) in [6.07, 6.45) is 2.20. The molecule has 1 saturated heterocycles. The number of rotatable bonds is 7. The molecule has 2 N–H and O–H groups in total. The Morgan fingerprint density at radius 1 is 1.25 bits per heavy atom. The summed E-state index contributed by atoms with van der Waals surface area (Å²) in [5, 5.41) is 7.92. The van der Waals surface area contributed by atoms with E-state index in [4.69, 9.17) is 23.2 Å². The Morgan fingerprint density at radius 3 is 2.79 bits per heavy atom. The Morgan fingerprint density at radius 2 is 2.07 bits per heavy atom. The van der Waals surface area contributed by atoms with Crippen LogP contribution in [0.3, 0.4) is 0 Å². The molecule has 0 bridgehead atoms. The number of nitrogens with zero attached hydrogens (tertiary/aromatic N) is 2. The number of carbonyl (C=O) groups is 3. The molecule has 0 radical (unpaired) electrons. The largest absolute Gasteiger partial charge is 0.351 e. The van der Waals surface area contributed by atoms with Gasteiger partial charge >= 0.3 is 0 Å². The predicted molar refractivity (Wildman–Crippen MR) is 109 cm³/mol. The van der Waals surface area contributed by atoms with Gasteiger partial charge in [-0.05, 0) is 31.0 Å². The molecule has 0 atom stereocenters. The number of carbonyl (C=O) groups excluding carboxylic acids is 3. The molecule has 2 heterocycles. The maximum absolute atomic E-state index is 12.3. The van der Waals surface area contributed by atoms with Crippen molar-refractivity contribution < 1.29 is 14.4 Å². The van der Waals surface area contributed by atoms with Gasteiger partial charge in [-0.3, -0.25) is 19.7 Å². The molecule has 1 aromatic carbocycles. The molecule has 1 fully saturated rings. The zero-order chi connectivity index (χ0) is 20.1. The van der Waals surface area contributed by atoms with Crippen LogP contribution in [-0.2, 0) is 4.79 Å². The number of aromatic nitrogens is 1. The van der Waals surface area contributed by atoms with Crippen LogP contribution in [0.5, 0.6) is 0 Å². The van der Waals surface area contributed by atoms with E-state index in [0.717, 1.165) is 24.3 Å². The number of hydrogen-bond donors (Lipinski definition) is 2. The second-order valence-corrected chi connectivity index (χ2v) is 7.91. The minimum Gasteiger partial charge on any atom is -0.351 e. The van der Waals surface area contributed by atoms with E-state index >= 15 is 0 Å². The van der Waals surface area contributed by atoms with E-state index in [2.05, 4.69) is 15.6 Å². The van der Waals surface area contributed by atoms with Crippen LogP contribution in [0.25, 0.3) is 0 Å². The summed E-state index contributed by atoms with van der Waals surface area (Å²) >= 11 is 13.0. The van der Waals surface area contributed by atoms with Gasteiger partial charge in [0, 0.05) is 36.5 Å². The van der Waals surface area contributed by atoms with Crippen LogP contribution in [0, 0.1) is 0 Å². The highest BCUT2D eigenvalue weighted by Crippen LogP contribution is 2.23. The van der Waals surface area contributed by atoms with Crippen LogP contribution in [0.15, 0.2) is 23.6 Å². The van der Waals surface area contributed by atoms with Crippen LogP contribution in [0.4, 0.5) is 5.13 Å². The van der Waals surface area contributed by atoms with Gasteiger partial charge in [0.05, 0.1) is 10.6 Å². The van der Waals surface area contributed by atoms with E-state index in [9.17, 15) is 14.4 Å². The van der Waals surface area contributed by atoms with E-state index in [0.29, 0.717) is 36.1 Å². The van der Waals surface area contributed by atoms with Crippen molar-refractivity contribution in [2.75, 3.05) is 25.0 Å². The molecule has 0 spiro atoms. The fraction of sp³-hybridized carbons (Fsp3) is 0.333. The highest BCUT2D eigenvalue weighted by molar-refractivity contribution is 7.14. The van der Waals surface area contributed by atoms with E-state index < -0.39 is 5.91 Å². The lowest BCUT2D eigenvalue weighted by Gasteiger charge is -2.14. The third-order valence-electron chi connectivity index (χ3n) is 4.19. The average molecular weight is 441 g/mol. The van der Waals surface area contributed by atoms with Crippen LogP contribution < -0.4 is 10.6 Å². The number of thiazole rings is 1. The molecule has 28 heavy (non-hydrogen) atoms. The number of anilines is 1. The number of amides is 3. The van der Waals surface area contributed by atoms with Gasteiger partial charge in [0.1, 0.15) is 5.69 Å². The third kappa shape index (κ3) is 5.21. The summed E-state index contributed by atoms with van der Waals surface area (Å²) < 4.78 is 0. The van der Waals surface area contributed by atoms with Crippen LogP contribution in [0.1, 0.15) is 40.1 Å². The quantitative estimate of drug-likeness (QED) is 0.644. The molecule has 10 heteroatoms. The number of likely N-dealkylation sites (tertiary alicyclic amines) is 1. The second-order valence-electron chi connectivity index (χ2n) is 6.21. The molecule has 0 saturated carbocycles. The molecule has 2 aromatic rings. The van der Waals surface area contributed by atoms with Crippen molar-refractivity contribution in [1.29, 1.82) is 0 Å². The van der Waals surface area contributed by atoms with Crippen molar-refractivity contribution in [1.82, 2.24) is 15.2 Å².